The summed E-state index contributed by atoms with van der Waals surface area (Å²) in [5, 5.41) is 0. The second kappa shape index (κ2) is 8.29. The highest BCUT2D eigenvalue weighted by Gasteiger charge is 2.09. The van der Waals surface area contributed by atoms with E-state index in [1.807, 2.05) is 48.5 Å². The molecule has 0 spiro atoms. The van der Waals surface area contributed by atoms with Crippen molar-refractivity contribution in [1.82, 2.24) is 5.43 Å². The molecular formula is C17H22N2O2. The number of nitrogens with one attached hydrogen (secondary N) is 1. The Morgan fingerprint density at radius 3 is 2.52 bits per heavy atom. The summed E-state index contributed by atoms with van der Waals surface area (Å²) in [5.74, 6) is 7.38. The van der Waals surface area contributed by atoms with Crippen molar-refractivity contribution in [1.29, 1.82) is 0 Å². The molecule has 0 heterocycles. The molecule has 4 nitrogen and oxygen atoms in total. The lowest BCUT2D eigenvalue weighted by atomic mass is 10.0. The van der Waals surface area contributed by atoms with Crippen molar-refractivity contribution in [2.45, 2.75) is 18.9 Å². The van der Waals surface area contributed by atoms with Crippen LogP contribution in [-0.2, 0) is 6.42 Å². The monoisotopic (exact) mass is 286 g/mol. The number of hydrogen-bond acceptors (Lipinski definition) is 4. The van der Waals surface area contributed by atoms with E-state index in [1.54, 1.807) is 7.11 Å². The second-order valence-corrected chi connectivity index (χ2v) is 4.87. The van der Waals surface area contributed by atoms with Crippen molar-refractivity contribution < 1.29 is 9.47 Å². The topological polar surface area (TPSA) is 56.5 Å². The minimum absolute atomic E-state index is 0.167. The van der Waals surface area contributed by atoms with Crippen molar-refractivity contribution in [2.24, 2.45) is 5.84 Å². The first-order chi connectivity index (χ1) is 10.3. The SMILES string of the molecule is COc1cccc(CC(CCOc2ccccc2)NN)c1. The van der Waals surface area contributed by atoms with Gasteiger partial charge in [-0.3, -0.25) is 11.3 Å². The van der Waals surface area contributed by atoms with Crippen LogP contribution in [-0.4, -0.2) is 19.8 Å². The van der Waals surface area contributed by atoms with E-state index in [0.717, 1.165) is 24.3 Å². The molecule has 21 heavy (non-hydrogen) atoms. The molecule has 0 aliphatic rings. The third-order valence-electron chi connectivity index (χ3n) is 3.33. The van der Waals surface area contributed by atoms with Gasteiger partial charge in [-0.25, -0.2) is 0 Å². The summed E-state index contributed by atoms with van der Waals surface area (Å²) in [6.07, 6.45) is 1.68. The molecule has 2 rings (SSSR count). The van der Waals surface area contributed by atoms with Gasteiger partial charge in [-0.15, -0.1) is 0 Å². The van der Waals surface area contributed by atoms with Crippen LogP contribution in [0, 0.1) is 0 Å². The van der Waals surface area contributed by atoms with E-state index in [1.165, 1.54) is 5.56 Å². The summed E-state index contributed by atoms with van der Waals surface area (Å²) in [4.78, 5) is 0. The van der Waals surface area contributed by atoms with E-state index in [9.17, 15) is 0 Å². The normalized spacial score (nSPS) is 11.9. The van der Waals surface area contributed by atoms with Gasteiger partial charge in [0.15, 0.2) is 0 Å². The predicted molar refractivity (Wildman–Crippen MR) is 84.4 cm³/mol. The molecule has 0 saturated heterocycles. The van der Waals surface area contributed by atoms with Gasteiger partial charge in [0.05, 0.1) is 13.7 Å². The minimum Gasteiger partial charge on any atom is -0.497 e. The summed E-state index contributed by atoms with van der Waals surface area (Å²) >= 11 is 0. The average molecular weight is 286 g/mol. The highest BCUT2D eigenvalue weighted by Crippen LogP contribution is 2.15. The van der Waals surface area contributed by atoms with Crippen molar-refractivity contribution in [3.05, 3.63) is 60.2 Å². The van der Waals surface area contributed by atoms with Gasteiger partial charge in [-0.1, -0.05) is 30.3 Å². The lowest BCUT2D eigenvalue weighted by Gasteiger charge is -2.16. The first kappa shape index (κ1) is 15.4. The first-order valence-corrected chi connectivity index (χ1v) is 7.08. The molecule has 1 atom stereocenters. The smallest absolute Gasteiger partial charge is 0.119 e. The van der Waals surface area contributed by atoms with Gasteiger partial charge in [0.2, 0.25) is 0 Å². The van der Waals surface area contributed by atoms with Crippen molar-refractivity contribution in [3.63, 3.8) is 0 Å². The van der Waals surface area contributed by atoms with E-state index < -0.39 is 0 Å². The van der Waals surface area contributed by atoms with Crippen LogP contribution in [0.5, 0.6) is 11.5 Å². The zero-order chi connectivity index (χ0) is 14.9. The zero-order valence-electron chi connectivity index (χ0n) is 12.3. The summed E-state index contributed by atoms with van der Waals surface area (Å²) in [6.45, 7) is 0.628. The molecule has 0 amide bonds. The lowest BCUT2D eigenvalue weighted by Crippen LogP contribution is -2.37. The molecule has 0 aliphatic heterocycles. The Bertz CT molecular complexity index is 531. The number of rotatable bonds is 8. The van der Waals surface area contributed by atoms with E-state index in [0.29, 0.717) is 6.61 Å². The maximum absolute atomic E-state index is 5.70. The molecule has 2 aromatic rings. The molecule has 3 N–H and O–H groups in total. The van der Waals surface area contributed by atoms with Crippen LogP contribution in [0.3, 0.4) is 0 Å². The molecule has 4 heteroatoms. The average Bonchev–Trinajstić information content (AvgIpc) is 2.55. The molecule has 0 fully saturated rings. The summed E-state index contributed by atoms with van der Waals surface area (Å²) < 4.78 is 10.9. The highest BCUT2D eigenvalue weighted by atomic mass is 16.5. The van der Waals surface area contributed by atoms with Crippen molar-refractivity contribution in [3.8, 4) is 11.5 Å². The van der Waals surface area contributed by atoms with Gasteiger partial charge < -0.3 is 9.47 Å². The van der Waals surface area contributed by atoms with Crippen LogP contribution in [0.2, 0.25) is 0 Å². The standard InChI is InChI=1S/C17H22N2O2/c1-20-17-9-5-6-14(13-17)12-15(19-18)10-11-21-16-7-3-2-4-8-16/h2-9,13,15,19H,10-12,18H2,1H3. The van der Waals surface area contributed by atoms with Crippen LogP contribution in [0.25, 0.3) is 0 Å². The van der Waals surface area contributed by atoms with Gasteiger partial charge in [-0.05, 0) is 42.7 Å². The van der Waals surface area contributed by atoms with Gasteiger partial charge in [0.1, 0.15) is 11.5 Å². The molecule has 0 aliphatic carbocycles. The number of benzene rings is 2. The zero-order valence-corrected chi connectivity index (χ0v) is 12.3. The van der Waals surface area contributed by atoms with Crippen LogP contribution >= 0.6 is 0 Å². The first-order valence-electron chi connectivity index (χ1n) is 7.08. The lowest BCUT2D eigenvalue weighted by molar-refractivity contribution is 0.285. The Hall–Kier alpha value is -2.04. The van der Waals surface area contributed by atoms with Crippen molar-refractivity contribution >= 4 is 0 Å². The second-order valence-electron chi connectivity index (χ2n) is 4.87. The molecule has 0 saturated carbocycles. The van der Waals surface area contributed by atoms with E-state index in [2.05, 4.69) is 11.5 Å². The molecule has 112 valence electrons. The Labute approximate surface area is 125 Å². The maximum atomic E-state index is 5.70. The summed E-state index contributed by atoms with van der Waals surface area (Å²) in [5.41, 5.74) is 4.05. The van der Waals surface area contributed by atoms with Gasteiger partial charge in [0.25, 0.3) is 0 Å². The number of hydrazine groups is 1. The number of para-hydroxylation sites is 1. The number of nitrogens with two attached hydrogens (primary N) is 1. The summed E-state index contributed by atoms with van der Waals surface area (Å²) in [6, 6.07) is 18.0. The molecular weight excluding hydrogens is 264 g/mol. The van der Waals surface area contributed by atoms with Crippen LogP contribution in [0.4, 0.5) is 0 Å². The highest BCUT2D eigenvalue weighted by molar-refractivity contribution is 5.29. The molecule has 0 bridgehead atoms. The largest absolute Gasteiger partial charge is 0.497 e. The van der Waals surface area contributed by atoms with E-state index in [4.69, 9.17) is 15.3 Å². The van der Waals surface area contributed by atoms with E-state index >= 15 is 0 Å². The Morgan fingerprint density at radius 2 is 1.81 bits per heavy atom. The summed E-state index contributed by atoms with van der Waals surface area (Å²) in [7, 11) is 1.67. The number of hydrogen-bond donors (Lipinski definition) is 2. The fourth-order valence-electron chi connectivity index (χ4n) is 2.16. The Balaban J connectivity index is 1.82. The fraction of sp³-hybridized carbons (Fsp3) is 0.294. The fourth-order valence-corrected chi connectivity index (χ4v) is 2.16. The Kier molecular flexibility index (Phi) is 6.06. The van der Waals surface area contributed by atoms with E-state index in [-0.39, 0.29) is 6.04 Å². The minimum atomic E-state index is 0.167. The maximum Gasteiger partial charge on any atom is 0.119 e. The Morgan fingerprint density at radius 1 is 1.05 bits per heavy atom. The van der Waals surface area contributed by atoms with Crippen LogP contribution in [0.1, 0.15) is 12.0 Å². The molecule has 0 radical (unpaired) electrons. The predicted octanol–water partition coefficient (Wildman–Crippen LogP) is 2.54. The van der Waals surface area contributed by atoms with Crippen LogP contribution < -0.4 is 20.7 Å². The third kappa shape index (κ3) is 5.10. The molecule has 2 aromatic carbocycles. The van der Waals surface area contributed by atoms with Crippen molar-refractivity contribution in [2.75, 3.05) is 13.7 Å². The third-order valence-corrected chi connectivity index (χ3v) is 3.33. The van der Waals surface area contributed by atoms with Gasteiger partial charge >= 0.3 is 0 Å². The number of methoxy groups -OCH3 is 1. The molecule has 0 aromatic heterocycles. The van der Waals surface area contributed by atoms with Gasteiger partial charge in [0, 0.05) is 6.04 Å². The molecule has 1 unspecified atom stereocenters. The van der Waals surface area contributed by atoms with Gasteiger partial charge in [-0.2, -0.15) is 0 Å². The number of ether oxygens (including phenoxy) is 2. The quantitative estimate of drug-likeness (QED) is 0.578. The van der Waals surface area contributed by atoms with Crippen LogP contribution in [0.15, 0.2) is 54.6 Å².